The van der Waals surface area contributed by atoms with Crippen LogP contribution in [0.15, 0.2) is 0 Å². The normalized spacial score (nSPS) is 23.3. The molecule has 0 spiro atoms. The Labute approximate surface area is 87.3 Å². The molecule has 2 heteroatoms. The molecule has 1 fully saturated rings. The Balaban J connectivity index is 2.32. The van der Waals surface area contributed by atoms with Gasteiger partial charge in [-0.3, -0.25) is 0 Å². The zero-order chi connectivity index (χ0) is 10.4. The number of piperidine rings is 1. The van der Waals surface area contributed by atoms with E-state index < -0.39 is 0 Å². The first-order valence-corrected chi connectivity index (χ1v) is 5.54. The van der Waals surface area contributed by atoms with E-state index in [1.165, 1.54) is 25.9 Å². The summed E-state index contributed by atoms with van der Waals surface area (Å²) in [6, 6.07) is 0.656. The van der Waals surface area contributed by atoms with Crippen molar-refractivity contribution in [3.63, 3.8) is 0 Å². The molecule has 1 rings (SSSR count). The highest BCUT2D eigenvalue weighted by Crippen LogP contribution is 2.20. The number of aliphatic hydroxyl groups excluding tert-OH is 1. The van der Waals surface area contributed by atoms with Crippen molar-refractivity contribution in [1.82, 2.24) is 4.90 Å². The summed E-state index contributed by atoms with van der Waals surface area (Å²) in [5.41, 5.74) is 0. The van der Waals surface area contributed by atoms with E-state index in [4.69, 9.17) is 5.11 Å². The molecule has 0 amide bonds. The minimum absolute atomic E-state index is 0.000610. The molecule has 1 unspecified atom stereocenters. The first-order chi connectivity index (χ1) is 6.74. The molecular weight excluding hydrogens is 174 g/mol. The standard InChI is InChI=1S/C12H21NO/c1-11(2)13-8-5-7-12(10-13)6-3-4-9-14/h11-12,14H,5-10H2,1-2H3. The van der Waals surface area contributed by atoms with Crippen molar-refractivity contribution in [3.8, 4) is 11.8 Å². The van der Waals surface area contributed by atoms with Crippen LogP contribution in [0.5, 0.6) is 0 Å². The Morgan fingerprint density at radius 2 is 2.21 bits per heavy atom. The van der Waals surface area contributed by atoms with Gasteiger partial charge in [0, 0.05) is 19.0 Å². The maximum atomic E-state index is 8.55. The maximum absolute atomic E-state index is 8.55. The molecule has 0 aromatic rings. The smallest absolute Gasteiger partial charge is 0.104 e. The second-order valence-corrected chi connectivity index (χ2v) is 4.31. The molecular formula is C12H21NO. The SMILES string of the molecule is CC(C)N1CCCC(CC#CCO)C1. The lowest BCUT2D eigenvalue weighted by Gasteiger charge is -2.34. The molecule has 80 valence electrons. The van der Waals surface area contributed by atoms with Crippen LogP contribution in [-0.4, -0.2) is 35.7 Å². The van der Waals surface area contributed by atoms with E-state index in [2.05, 4.69) is 30.6 Å². The van der Waals surface area contributed by atoms with Gasteiger partial charge in [0.05, 0.1) is 0 Å². The third-order valence-electron chi connectivity index (χ3n) is 2.88. The summed E-state index contributed by atoms with van der Waals surface area (Å²) in [6.07, 6.45) is 3.54. The highest BCUT2D eigenvalue weighted by molar-refractivity contribution is 5.00. The molecule has 1 saturated heterocycles. The van der Waals surface area contributed by atoms with Gasteiger partial charge in [0.25, 0.3) is 0 Å². The van der Waals surface area contributed by atoms with Crippen molar-refractivity contribution >= 4 is 0 Å². The number of hydrogen-bond donors (Lipinski definition) is 1. The fourth-order valence-electron chi connectivity index (χ4n) is 2.01. The second-order valence-electron chi connectivity index (χ2n) is 4.31. The van der Waals surface area contributed by atoms with Gasteiger partial charge in [-0.25, -0.2) is 0 Å². The molecule has 0 radical (unpaired) electrons. The van der Waals surface area contributed by atoms with Crippen LogP contribution in [0.2, 0.25) is 0 Å². The number of rotatable bonds is 2. The second kappa shape index (κ2) is 6.06. The molecule has 0 saturated carbocycles. The van der Waals surface area contributed by atoms with Crippen molar-refractivity contribution in [3.05, 3.63) is 0 Å². The lowest BCUT2D eigenvalue weighted by molar-refractivity contribution is 0.142. The molecule has 1 N–H and O–H groups in total. The quantitative estimate of drug-likeness (QED) is 0.675. The number of likely N-dealkylation sites (tertiary alicyclic amines) is 1. The van der Waals surface area contributed by atoms with E-state index in [9.17, 15) is 0 Å². The molecule has 1 heterocycles. The lowest BCUT2D eigenvalue weighted by atomic mass is 9.94. The van der Waals surface area contributed by atoms with Gasteiger partial charge in [-0.1, -0.05) is 5.92 Å². The monoisotopic (exact) mass is 195 g/mol. The molecule has 2 nitrogen and oxygen atoms in total. The zero-order valence-electron chi connectivity index (χ0n) is 9.29. The molecule has 0 aromatic heterocycles. The lowest BCUT2D eigenvalue weighted by Crippen LogP contribution is -2.39. The molecule has 0 bridgehead atoms. The van der Waals surface area contributed by atoms with Gasteiger partial charge in [0.1, 0.15) is 6.61 Å². The Kier molecular flexibility index (Phi) is 5.00. The van der Waals surface area contributed by atoms with Gasteiger partial charge in [-0.2, -0.15) is 0 Å². The summed E-state index contributed by atoms with van der Waals surface area (Å²) in [5, 5.41) is 8.55. The minimum atomic E-state index is 0.000610. The van der Waals surface area contributed by atoms with E-state index in [0.717, 1.165) is 6.42 Å². The minimum Gasteiger partial charge on any atom is -0.384 e. The first-order valence-electron chi connectivity index (χ1n) is 5.54. The Bertz CT molecular complexity index is 214. The highest BCUT2D eigenvalue weighted by atomic mass is 16.2. The van der Waals surface area contributed by atoms with E-state index >= 15 is 0 Å². The average Bonchev–Trinajstić information content (AvgIpc) is 2.19. The van der Waals surface area contributed by atoms with Gasteiger partial charge in [0.2, 0.25) is 0 Å². The van der Waals surface area contributed by atoms with Crippen molar-refractivity contribution in [2.45, 2.75) is 39.2 Å². The van der Waals surface area contributed by atoms with Gasteiger partial charge in [-0.05, 0) is 39.2 Å². The van der Waals surface area contributed by atoms with Gasteiger partial charge >= 0.3 is 0 Å². The summed E-state index contributed by atoms with van der Waals surface area (Å²) in [7, 11) is 0. The number of aliphatic hydroxyl groups is 1. The van der Waals surface area contributed by atoms with Gasteiger partial charge < -0.3 is 10.0 Å². The predicted molar refractivity (Wildman–Crippen MR) is 58.9 cm³/mol. The fraction of sp³-hybridized carbons (Fsp3) is 0.833. The van der Waals surface area contributed by atoms with Crippen LogP contribution in [0, 0.1) is 17.8 Å². The number of nitrogens with zero attached hydrogens (tertiary/aromatic N) is 1. The van der Waals surface area contributed by atoms with Crippen LogP contribution in [0.1, 0.15) is 33.1 Å². The van der Waals surface area contributed by atoms with E-state index in [1.807, 2.05) is 0 Å². The van der Waals surface area contributed by atoms with Crippen LogP contribution < -0.4 is 0 Å². The Morgan fingerprint density at radius 1 is 1.43 bits per heavy atom. The van der Waals surface area contributed by atoms with Gasteiger partial charge in [-0.15, -0.1) is 5.92 Å². The van der Waals surface area contributed by atoms with Crippen LogP contribution in [0.4, 0.5) is 0 Å². The predicted octanol–water partition coefficient (Wildman–Crippen LogP) is 1.49. The summed E-state index contributed by atoms with van der Waals surface area (Å²) in [4.78, 5) is 2.52. The number of hydrogen-bond acceptors (Lipinski definition) is 2. The molecule has 0 aromatic carbocycles. The van der Waals surface area contributed by atoms with Crippen molar-refractivity contribution < 1.29 is 5.11 Å². The largest absolute Gasteiger partial charge is 0.384 e. The highest BCUT2D eigenvalue weighted by Gasteiger charge is 2.20. The van der Waals surface area contributed by atoms with Crippen LogP contribution >= 0.6 is 0 Å². The fourth-order valence-corrected chi connectivity index (χ4v) is 2.01. The Hall–Kier alpha value is -0.520. The maximum Gasteiger partial charge on any atom is 0.104 e. The van der Waals surface area contributed by atoms with Crippen molar-refractivity contribution in [1.29, 1.82) is 0 Å². The van der Waals surface area contributed by atoms with Gasteiger partial charge in [0.15, 0.2) is 0 Å². The molecule has 1 aliphatic heterocycles. The summed E-state index contributed by atoms with van der Waals surface area (Å²) in [5.74, 6) is 6.48. The van der Waals surface area contributed by atoms with Crippen molar-refractivity contribution in [2.24, 2.45) is 5.92 Å². The van der Waals surface area contributed by atoms with Crippen LogP contribution in [0.25, 0.3) is 0 Å². The molecule has 1 aliphatic rings. The summed E-state index contributed by atoms with van der Waals surface area (Å²) in [6.45, 7) is 6.92. The van der Waals surface area contributed by atoms with E-state index in [-0.39, 0.29) is 6.61 Å². The molecule has 14 heavy (non-hydrogen) atoms. The van der Waals surface area contributed by atoms with E-state index in [1.54, 1.807) is 0 Å². The van der Waals surface area contributed by atoms with Crippen LogP contribution in [-0.2, 0) is 0 Å². The van der Waals surface area contributed by atoms with Crippen LogP contribution in [0.3, 0.4) is 0 Å². The average molecular weight is 195 g/mol. The first kappa shape index (κ1) is 11.6. The Morgan fingerprint density at radius 3 is 2.86 bits per heavy atom. The molecule has 0 aliphatic carbocycles. The zero-order valence-corrected chi connectivity index (χ0v) is 9.29. The third-order valence-corrected chi connectivity index (χ3v) is 2.88. The summed E-state index contributed by atoms with van der Waals surface area (Å²) >= 11 is 0. The van der Waals surface area contributed by atoms with Crippen molar-refractivity contribution in [2.75, 3.05) is 19.7 Å². The third kappa shape index (κ3) is 3.69. The summed E-state index contributed by atoms with van der Waals surface area (Å²) < 4.78 is 0. The topological polar surface area (TPSA) is 23.5 Å². The molecule has 1 atom stereocenters. The van der Waals surface area contributed by atoms with E-state index in [0.29, 0.717) is 12.0 Å².